The van der Waals surface area contributed by atoms with Gasteiger partial charge in [0.15, 0.2) is 0 Å². The van der Waals surface area contributed by atoms with Crippen molar-refractivity contribution in [3.05, 3.63) is 324 Å². The molecule has 0 aliphatic carbocycles. The SMILES string of the molecule is Cc1ccc(N(c2ccc(C)cc2)c2cc(-c3ccccc3-c3ccccc3-c3cc(N(c4ccc(C)cc4)c4ccc(C)cc4)cc(N(c4ccc(C)cc4)c4ccc(C)cc4)c3)cc(N(c3ccc(C)cc3)c3ccc(C)cc3)c2)cc1. The van der Waals surface area contributed by atoms with E-state index in [9.17, 15) is 0 Å². The maximum atomic E-state index is 2.40. The van der Waals surface area contributed by atoms with Crippen molar-refractivity contribution in [2.75, 3.05) is 19.6 Å². The molecule has 12 rings (SSSR count). The lowest BCUT2D eigenvalue weighted by Crippen LogP contribution is -2.14. The lowest BCUT2D eigenvalue weighted by atomic mass is 9.88. The Labute approximate surface area is 497 Å². The lowest BCUT2D eigenvalue weighted by molar-refractivity contribution is 1.24. The second-order valence-electron chi connectivity index (χ2n) is 22.6. The van der Waals surface area contributed by atoms with Crippen LogP contribution in [-0.2, 0) is 0 Å². The predicted molar refractivity (Wildman–Crippen MR) is 359 cm³/mol. The van der Waals surface area contributed by atoms with Crippen LogP contribution < -0.4 is 19.6 Å². The van der Waals surface area contributed by atoms with Crippen LogP contribution in [0.3, 0.4) is 0 Å². The summed E-state index contributed by atoms with van der Waals surface area (Å²) in [5.41, 5.74) is 29.1. The van der Waals surface area contributed by atoms with Gasteiger partial charge in [-0.3, -0.25) is 0 Å². The summed E-state index contributed by atoms with van der Waals surface area (Å²) >= 11 is 0. The smallest absolute Gasteiger partial charge is 0.0488 e. The Kier molecular flexibility index (Phi) is 15.4. The van der Waals surface area contributed by atoms with E-state index in [-0.39, 0.29) is 0 Å². The molecule has 0 heterocycles. The van der Waals surface area contributed by atoms with E-state index in [1.54, 1.807) is 0 Å². The maximum absolute atomic E-state index is 2.40. The van der Waals surface area contributed by atoms with Crippen molar-refractivity contribution in [1.29, 1.82) is 0 Å². The monoisotopic (exact) mass is 1090 g/mol. The van der Waals surface area contributed by atoms with Gasteiger partial charge in [-0.1, -0.05) is 190 Å². The molecule has 4 nitrogen and oxygen atoms in total. The van der Waals surface area contributed by atoms with E-state index in [1.165, 1.54) is 44.5 Å². The number of rotatable bonds is 15. The molecule has 4 heteroatoms. The molecule has 0 saturated carbocycles. The summed E-state index contributed by atoms with van der Waals surface area (Å²) in [7, 11) is 0. The standard InChI is InChI=1S/C80H70N4/c1-55-17-33-65(34-18-55)81(66-35-19-56(2)20-36-66)73-49-63(50-74(53-73)82(67-37-21-57(3)22-38-67)68-39-23-58(4)24-40-68)77-13-9-11-15-79(77)80-16-12-10-14-78(80)64-51-75(83(69-41-25-59(5)26-42-69)70-43-27-60(6)28-44-70)54-76(52-64)84(71-45-29-61(7)30-46-71)72-47-31-62(8)32-48-72/h9-54H,1-8H3. The first kappa shape index (κ1) is 54.4. The number of nitrogens with zero attached hydrogens (tertiary/aromatic N) is 4. The number of aryl methyl sites for hydroxylation is 8. The zero-order chi connectivity index (χ0) is 57.8. The van der Waals surface area contributed by atoms with Crippen LogP contribution in [-0.4, -0.2) is 0 Å². The van der Waals surface area contributed by atoms with Gasteiger partial charge < -0.3 is 19.6 Å². The molecule has 12 aromatic carbocycles. The van der Waals surface area contributed by atoms with Crippen LogP contribution in [0.1, 0.15) is 44.5 Å². The van der Waals surface area contributed by atoms with Crippen LogP contribution in [0, 0.1) is 55.4 Å². The number of benzene rings is 12. The van der Waals surface area contributed by atoms with Crippen LogP contribution in [0.4, 0.5) is 68.2 Å². The molecule has 0 fully saturated rings. The quantitative estimate of drug-likeness (QED) is 0.101. The van der Waals surface area contributed by atoms with Crippen LogP contribution in [0.15, 0.2) is 279 Å². The van der Waals surface area contributed by atoms with E-state index in [1.807, 2.05) is 0 Å². The molecular weight excluding hydrogens is 1020 g/mol. The van der Waals surface area contributed by atoms with Crippen LogP contribution in [0.2, 0.25) is 0 Å². The third-order valence-electron chi connectivity index (χ3n) is 15.9. The Morgan fingerprint density at radius 1 is 0.155 bits per heavy atom. The highest BCUT2D eigenvalue weighted by Gasteiger charge is 2.24. The molecule has 0 spiro atoms. The van der Waals surface area contributed by atoms with Crippen molar-refractivity contribution in [1.82, 2.24) is 0 Å². The maximum Gasteiger partial charge on any atom is 0.0488 e. The van der Waals surface area contributed by atoms with Gasteiger partial charge in [-0.2, -0.15) is 0 Å². The summed E-state index contributed by atoms with van der Waals surface area (Å²) in [6, 6.07) is 103. The average molecular weight is 1090 g/mol. The van der Waals surface area contributed by atoms with Crippen molar-refractivity contribution in [2.24, 2.45) is 0 Å². The molecule has 0 aliphatic rings. The van der Waals surface area contributed by atoms with Gasteiger partial charge in [0, 0.05) is 68.2 Å². The third-order valence-corrected chi connectivity index (χ3v) is 15.9. The van der Waals surface area contributed by atoms with Gasteiger partial charge in [-0.15, -0.1) is 0 Å². The minimum absolute atomic E-state index is 1.04. The van der Waals surface area contributed by atoms with Gasteiger partial charge >= 0.3 is 0 Å². The fourth-order valence-corrected chi connectivity index (χ4v) is 11.3. The summed E-state index contributed by atoms with van der Waals surface area (Å²) in [6.07, 6.45) is 0. The first-order valence-electron chi connectivity index (χ1n) is 29.1. The highest BCUT2D eigenvalue weighted by Crippen LogP contribution is 2.49. The summed E-state index contributed by atoms with van der Waals surface area (Å²) in [6.45, 7) is 17.2. The fourth-order valence-electron chi connectivity index (χ4n) is 11.3. The summed E-state index contributed by atoms with van der Waals surface area (Å²) in [5.74, 6) is 0. The van der Waals surface area contributed by atoms with Gasteiger partial charge in [0.1, 0.15) is 0 Å². The number of hydrogen-bond donors (Lipinski definition) is 0. The van der Waals surface area contributed by atoms with Gasteiger partial charge in [-0.25, -0.2) is 0 Å². The van der Waals surface area contributed by atoms with Gasteiger partial charge in [0.05, 0.1) is 0 Å². The first-order valence-corrected chi connectivity index (χ1v) is 29.1. The van der Waals surface area contributed by atoms with Crippen molar-refractivity contribution in [3.63, 3.8) is 0 Å². The third kappa shape index (κ3) is 11.7. The normalized spacial score (nSPS) is 11.1. The fraction of sp³-hybridized carbons (Fsp3) is 0.100. The Hall–Kier alpha value is -10.2. The summed E-state index contributed by atoms with van der Waals surface area (Å²) in [5, 5.41) is 0. The van der Waals surface area contributed by atoms with E-state index >= 15 is 0 Å². The van der Waals surface area contributed by atoms with Crippen LogP contribution in [0.5, 0.6) is 0 Å². The minimum atomic E-state index is 1.04. The molecule has 12 aromatic rings. The van der Waals surface area contributed by atoms with Crippen molar-refractivity contribution < 1.29 is 0 Å². The number of anilines is 12. The highest BCUT2D eigenvalue weighted by molar-refractivity contribution is 5.97. The molecule has 0 N–H and O–H groups in total. The van der Waals surface area contributed by atoms with Crippen LogP contribution in [0.25, 0.3) is 33.4 Å². The van der Waals surface area contributed by atoms with E-state index in [0.29, 0.717) is 0 Å². The molecule has 0 saturated heterocycles. The Morgan fingerprint density at radius 2 is 0.310 bits per heavy atom. The van der Waals surface area contributed by atoms with Crippen molar-refractivity contribution in [2.45, 2.75) is 55.4 Å². The summed E-state index contributed by atoms with van der Waals surface area (Å²) < 4.78 is 0. The molecule has 0 aliphatic heterocycles. The molecule has 0 radical (unpaired) electrons. The molecule has 0 bridgehead atoms. The molecule has 0 unspecified atom stereocenters. The van der Waals surface area contributed by atoms with Crippen LogP contribution >= 0.6 is 0 Å². The Bertz CT molecular complexity index is 3530. The minimum Gasteiger partial charge on any atom is -0.310 e. The number of hydrogen-bond acceptors (Lipinski definition) is 4. The second-order valence-corrected chi connectivity index (χ2v) is 22.6. The molecule has 0 atom stereocenters. The van der Waals surface area contributed by atoms with Crippen molar-refractivity contribution in [3.8, 4) is 33.4 Å². The zero-order valence-electron chi connectivity index (χ0n) is 49.3. The van der Waals surface area contributed by atoms with E-state index in [0.717, 1.165) is 102 Å². The van der Waals surface area contributed by atoms with Gasteiger partial charge in [0.25, 0.3) is 0 Å². The molecule has 0 aromatic heterocycles. The molecular formula is C80H70N4. The Morgan fingerprint density at radius 3 is 0.476 bits per heavy atom. The summed E-state index contributed by atoms with van der Waals surface area (Å²) in [4.78, 5) is 9.61. The van der Waals surface area contributed by atoms with E-state index in [2.05, 4.69) is 354 Å². The average Bonchev–Trinajstić information content (AvgIpc) is 2.05. The second kappa shape index (κ2) is 23.7. The largest absolute Gasteiger partial charge is 0.310 e. The van der Waals surface area contributed by atoms with Gasteiger partial charge in [0.2, 0.25) is 0 Å². The molecule has 0 amide bonds. The Balaban J connectivity index is 1.11. The van der Waals surface area contributed by atoms with Crippen molar-refractivity contribution >= 4 is 68.2 Å². The van der Waals surface area contributed by atoms with E-state index < -0.39 is 0 Å². The topological polar surface area (TPSA) is 13.0 Å². The molecule has 410 valence electrons. The highest BCUT2D eigenvalue weighted by atomic mass is 15.2. The molecule has 84 heavy (non-hydrogen) atoms. The predicted octanol–water partition coefficient (Wildman–Crippen LogP) is 23.0. The first-order chi connectivity index (χ1) is 40.9. The lowest BCUT2D eigenvalue weighted by Gasteiger charge is -2.31. The van der Waals surface area contributed by atoms with E-state index in [4.69, 9.17) is 0 Å². The zero-order valence-corrected chi connectivity index (χ0v) is 49.3. The van der Waals surface area contributed by atoms with Gasteiger partial charge in [-0.05, 0) is 222 Å².